The summed E-state index contributed by atoms with van der Waals surface area (Å²) >= 11 is 10.6. The fraction of sp³-hybridized carbons (Fsp3) is 0.667. The molecule has 4 heteroatoms. The zero-order valence-electron chi connectivity index (χ0n) is 5.08. The van der Waals surface area contributed by atoms with Crippen LogP contribution in [-0.2, 0) is 0 Å². The lowest BCUT2D eigenvalue weighted by molar-refractivity contribution is -0.108. The van der Waals surface area contributed by atoms with Crippen LogP contribution in [0.3, 0.4) is 0 Å². The van der Waals surface area contributed by atoms with Gasteiger partial charge in [0.1, 0.15) is 0 Å². The van der Waals surface area contributed by atoms with E-state index in [0.717, 1.165) is 0 Å². The van der Waals surface area contributed by atoms with Crippen molar-refractivity contribution in [1.82, 2.24) is 0 Å². The van der Waals surface area contributed by atoms with Crippen molar-refractivity contribution in [2.75, 3.05) is 0 Å². The van der Waals surface area contributed by atoms with Crippen LogP contribution in [0, 0.1) is 5.92 Å². The standard InChI is InChI=1S/C6H6Cl2F2/c1-2-4-3-5(9,10)6(4,7)8/h2,4H,1,3H2. The molecular weight excluding hydrogens is 181 g/mol. The van der Waals surface area contributed by atoms with Crippen LogP contribution in [-0.4, -0.2) is 10.3 Å². The van der Waals surface area contributed by atoms with E-state index in [1.807, 2.05) is 0 Å². The van der Waals surface area contributed by atoms with Crippen LogP contribution >= 0.6 is 23.2 Å². The summed E-state index contributed by atoms with van der Waals surface area (Å²) in [5.41, 5.74) is 0. The predicted octanol–water partition coefficient (Wildman–Crippen LogP) is 3.00. The SMILES string of the molecule is C=CC1CC(F)(F)C1(Cl)Cl. The molecule has 0 aromatic rings. The van der Waals surface area contributed by atoms with Crippen molar-refractivity contribution < 1.29 is 8.78 Å². The number of hydrogen-bond donors (Lipinski definition) is 0. The summed E-state index contributed by atoms with van der Waals surface area (Å²) < 4.78 is 23.0. The van der Waals surface area contributed by atoms with E-state index in [4.69, 9.17) is 23.2 Å². The minimum Gasteiger partial charge on any atom is -0.203 e. The molecule has 0 saturated heterocycles. The molecule has 0 N–H and O–H groups in total. The van der Waals surface area contributed by atoms with Gasteiger partial charge in [0.05, 0.1) is 0 Å². The number of alkyl halides is 4. The van der Waals surface area contributed by atoms with Gasteiger partial charge in [0.2, 0.25) is 0 Å². The van der Waals surface area contributed by atoms with E-state index in [9.17, 15) is 8.78 Å². The lowest BCUT2D eigenvalue weighted by Crippen LogP contribution is -2.56. The summed E-state index contributed by atoms with van der Waals surface area (Å²) in [7, 11) is 0. The van der Waals surface area contributed by atoms with E-state index in [2.05, 4.69) is 6.58 Å². The first kappa shape index (κ1) is 8.28. The molecule has 58 valence electrons. The molecule has 0 heterocycles. The van der Waals surface area contributed by atoms with Gasteiger partial charge in [0.15, 0.2) is 4.33 Å². The van der Waals surface area contributed by atoms with Gasteiger partial charge in [-0.15, -0.1) is 6.58 Å². The van der Waals surface area contributed by atoms with Crippen LogP contribution in [0.4, 0.5) is 8.78 Å². The fourth-order valence-corrected chi connectivity index (χ4v) is 1.40. The van der Waals surface area contributed by atoms with E-state index >= 15 is 0 Å². The van der Waals surface area contributed by atoms with E-state index in [-0.39, 0.29) is 6.42 Å². The molecular formula is C6H6Cl2F2. The van der Waals surface area contributed by atoms with Crippen LogP contribution in [0.15, 0.2) is 12.7 Å². The van der Waals surface area contributed by atoms with E-state index in [0.29, 0.717) is 0 Å². The van der Waals surface area contributed by atoms with Gasteiger partial charge in [0, 0.05) is 12.3 Å². The van der Waals surface area contributed by atoms with Crippen LogP contribution in [0.2, 0.25) is 0 Å². The van der Waals surface area contributed by atoms with Gasteiger partial charge in [-0.1, -0.05) is 29.3 Å². The van der Waals surface area contributed by atoms with Gasteiger partial charge < -0.3 is 0 Å². The Balaban J connectivity index is 2.73. The van der Waals surface area contributed by atoms with Gasteiger partial charge in [-0.05, 0) is 0 Å². The van der Waals surface area contributed by atoms with Crippen molar-refractivity contribution in [3.63, 3.8) is 0 Å². The lowest BCUT2D eigenvalue weighted by atomic mass is 9.80. The largest absolute Gasteiger partial charge is 0.281 e. The monoisotopic (exact) mass is 186 g/mol. The Labute approximate surface area is 67.8 Å². The topological polar surface area (TPSA) is 0 Å². The minimum atomic E-state index is -2.95. The molecule has 1 saturated carbocycles. The van der Waals surface area contributed by atoms with Crippen molar-refractivity contribution in [3.05, 3.63) is 12.7 Å². The third kappa shape index (κ3) is 0.857. The smallest absolute Gasteiger partial charge is 0.203 e. The average Bonchev–Trinajstić information content (AvgIpc) is 1.83. The molecule has 0 aromatic heterocycles. The maximum atomic E-state index is 12.4. The zero-order chi connectivity index (χ0) is 7.99. The molecule has 1 unspecified atom stereocenters. The summed E-state index contributed by atoms with van der Waals surface area (Å²) in [4.78, 5) is 0. The van der Waals surface area contributed by atoms with Crippen LogP contribution in [0.25, 0.3) is 0 Å². The molecule has 0 aromatic carbocycles. The molecule has 1 aliphatic carbocycles. The average molecular weight is 187 g/mol. The van der Waals surface area contributed by atoms with Gasteiger partial charge in [-0.2, -0.15) is 0 Å². The van der Waals surface area contributed by atoms with Gasteiger partial charge in [-0.3, -0.25) is 0 Å². The summed E-state index contributed by atoms with van der Waals surface area (Å²) in [5, 5.41) is 0. The van der Waals surface area contributed by atoms with E-state index < -0.39 is 16.2 Å². The van der Waals surface area contributed by atoms with Gasteiger partial charge in [0.25, 0.3) is 5.92 Å². The van der Waals surface area contributed by atoms with Crippen molar-refractivity contribution in [3.8, 4) is 0 Å². The van der Waals surface area contributed by atoms with Gasteiger partial charge >= 0.3 is 0 Å². The van der Waals surface area contributed by atoms with Crippen LogP contribution in [0.5, 0.6) is 0 Å². The maximum absolute atomic E-state index is 12.4. The quantitative estimate of drug-likeness (QED) is 0.437. The number of hydrogen-bond acceptors (Lipinski definition) is 0. The minimum absolute atomic E-state index is 0.288. The van der Waals surface area contributed by atoms with Crippen LogP contribution in [0.1, 0.15) is 6.42 Å². The predicted molar refractivity (Wildman–Crippen MR) is 37.7 cm³/mol. The summed E-state index contributed by atoms with van der Waals surface area (Å²) in [5.74, 6) is -3.43. The molecule has 10 heavy (non-hydrogen) atoms. The lowest BCUT2D eigenvalue weighted by Gasteiger charge is -2.45. The first-order valence-corrected chi connectivity index (χ1v) is 3.55. The molecule has 1 aliphatic rings. The van der Waals surface area contributed by atoms with Gasteiger partial charge in [-0.25, -0.2) is 8.78 Å². The molecule has 0 nitrogen and oxygen atoms in total. The van der Waals surface area contributed by atoms with E-state index in [1.54, 1.807) is 0 Å². The van der Waals surface area contributed by atoms with Crippen molar-refractivity contribution >= 4 is 23.2 Å². The highest BCUT2D eigenvalue weighted by Crippen LogP contribution is 2.58. The zero-order valence-corrected chi connectivity index (χ0v) is 6.59. The normalized spacial score (nSPS) is 34.6. The highest BCUT2D eigenvalue weighted by atomic mass is 35.5. The summed E-state index contributed by atoms with van der Waals surface area (Å²) in [6.07, 6.45) is 1.07. The van der Waals surface area contributed by atoms with Crippen molar-refractivity contribution in [2.45, 2.75) is 16.7 Å². The third-order valence-corrected chi connectivity index (χ3v) is 2.83. The summed E-state index contributed by atoms with van der Waals surface area (Å²) in [6.45, 7) is 3.34. The molecule has 0 amide bonds. The molecule has 0 spiro atoms. The second kappa shape index (κ2) is 2.08. The Bertz CT molecular complexity index is 165. The highest BCUT2D eigenvalue weighted by molar-refractivity contribution is 6.50. The van der Waals surface area contributed by atoms with E-state index in [1.165, 1.54) is 6.08 Å². The molecule has 0 bridgehead atoms. The number of rotatable bonds is 1. The van der Waals surface area contributed by atoms with Crippen molar-refractivity contribution in [2.24, 2.45) is 5.92 Å². The molecule has 1 fully saturated rings. The second-order valence-corrected chi connectivity index (χ2v) is 3.76. The number of halogens is 4. The molecule has 0 radical (unpaired) electrons. The maximum Gasteiger partial charge on any atom is 0.281 e. The Morgan fingerprint density at radius 2 is 2.00 bits per heavy atom. The summed E-state index contributed by atoms with van der Waals surface area (Å²) in [6, 6.07) is 0. The van der Waals surface area contributed by atoms with Crippen molar-refractivity contribution in [1.29, 1.82) is 0 Å². The molecule has 0 aliphatic heterocycles. The number of allylic oxidation sites excluding steroid dienone is 1. The van der Waals surface area contributed by atoms with Crippen LogP contribution < -0.4 is 0 Å². The molecule has 1 rings (SSSR count). The third-order valence-electron chi connectivity index (χ3n) is 1.71. The Morgan fingerprint density at radius 1 is 1.50 bits per heavy atom. The fourth-order valence-electron chi connectivity index (χ4n) is 0.912. The Hall–Kier alpha value is 0.180. The Morgan fingerprint density at radius 3 is 2.10 bits per heavy atom. The highest BCUT2D eigenvalue weighted by Gasteiger charge is 2.66. The first-order valence-electron chi connectivity index (χ1n) is 2.80. The first-order chi connectivity index (χ1) is 4.42. The molecule has 1 atom stereocenters. The Kier molecular flexibility index (Phi) is 1.72. The second-order valence-electron chi connectivity index (χ2n) is 2.37.